The Bertz CT molecular complexity index is 465. The standard InChI is InChI=1S/C14H18N2O2S/c1-19-12-8-6-10(7-9-12)13(14(15)17)16-18-11-4-2-3-5-11/h6-9,11H,2-5H2,1H3,(H2,15,17)/b16-13+. The summed E-state index contributed by atoms with van der Waals surface area (Å²) in [7, 11) is 0. The molecule has 2 rings (SSSR count). The summed E-state index contributed by atoms with van der Waals surface area (Å²) in [5, 5.41) is 3.97. The first kappa shape index (κ1) is 13.9. The third kappa shape index (κ3) is 3.73. The second-order valence-corrected chi connectivity index (χ2v) is 5.42. The lowest BCUT2D eigenvalue weighted by atomic mass is 10.1. The maximum atomic E-state index is 11.5. The highest BCUT2D eigenvalue weighted by Gasteiger charge is 2.18. The normalized spacial score (nSPS) is 16.6. The van der Waals surface area contributed by atoms with Crippen LogP contribution in [0.25, 0.3) is 0 Å². The molecule has 1 aliphatic rings. The van der Waals surface area contributed by atoms with Crippen LogP contribution in [0.1, 0.15) is 31.2 Å². The number of hydrogen-bond donors (Lipinski definition) is 1. The van der Waals surface area contributed by atoms with Crippen LogP contribution in [0.2, 0.25) is 0 Å². The van der Waals surface area contributed by atoms with Gasteiger partial charge < -0.3 is 10.6 Å². The predicted molar refractivity (Wildman–Crippen MR) is 77.3 cm³/mol. The van der Waals surface area contributed by atoms with E-state index in [-0.39, 0.29) is 11.8 Å². The van der Waals surface area contributed by atoms with E-state index in [9.17, 15) is 4.79 Å². The van der Waals surface area contributed by atoms with Crippen molar-refractivity contribution in [3.05, 3.63) is 29.8 Å². The average Bonchev–Trinajstić information content (AvgIpc) is 2.92. The number of nitrogens with two attached hydrogens (primary N) is 1. The Hall–Kier alpha value is -1.49. The summed E-state index contributed by atoms with van der Waals surface area (Å²) >= 11 is 1.64. The zero-order valence-corrected chi connectivity index (χ0v) is 11.8. The fraction of sp³-hybridized carbons (Fsp3) is 0.429. The molecule has 0 aliphatic heterocycles. The molecule has 102 valence electrons. The van der Waals surface area contributed by atoms with E-state index in [4.69, 9.17) is 10.6 Å². The monoisotopic (exact) mass is 278 g/mol. The van der Waals surface area contributed by atoms with Gasteiger partial charge in [-0.1, -0.05) is 17.3 Å². The van der Waals surface area contributed by atoms with Crippen LogP contribution < -0.4 is 5.73 Å². The van der Waals surface area contributed by atoms with Crippen LogP contribution in [0, 0.1) is 0 Å². The van der Waals surface area contributed by atoms with Gasteiger partial charge in [0.15, 0.2) is 5.71 Å². The minimum absolute atomic E-state index is 0.125. The molecule has 2 N–H and O–H groups in total. The predicted octanol–water partition coefficient (Wildman–Crippen LogP) is 2.56. The summed E-state index contributed by atoms with van der Waals surface area (Å²) in [6.07, 6.45) is 6.45. The van der Waals surface area contributed by atoms with Crippen molar-refractivity contribution in [2.45, 2.75) is 36.7 Å². The third-order valence-electron chi connectivity index (χ3n) is 3.19. The summed E-state index contributed by atoms with van der Waals surface area (Å²) in [5.41, 5.74) is 6.26. The lowest BCUT2D eigenvalue weighted by Crippen LogP contribution is -2.25. The summed E-state index contributed by atoms with van der Waals surface area (Å²) in [5.74, 6) is -0.560. The van der Waals surface area contributed by atoms with Crippen molar-refractivity contribution in [3.63, 3.8) is 0 Å². The van der Waals surface area contributed by atoms with Crippen LogP contribution in [0.15, 0.2) is 34.3 Å². The number of carbonyl (C=O) groups excluding carboxylic acids is 1. The molecular weight excluding hydrogens is 260 g/mol. The molecule has 4 nitrogen and oxygen atoms in total. The van der Waals surface area contributed by atoms with Gasteiger partial charge in [-0.15, -0.1) is 11.8 Å². The van der Waals surface area contributed by atoms with Crippen LogP contribution in [0.5, 0.6) is 0 Å². The largest absolute Gasteiger partial charge is 0.392 e. The van der Waals surface area contributed by atoms with E-state index < -0.39 is 5.91 Å². The van der Waals surface area contributed by atoms with E-state index in [2.05, 4.69) is 5.16 Å². The molecule has 0 heterocycles. The maximum Gasteiger partial charge on any atom is 0.271 e. The smallest absolute Gasteiger partial charge is 0.271 e. The molecule has 0 saturated heterocycles. The van der Waals surface area contributed by atoms with Gasteiger partial charge in [0.25, 0.3) is 5.91 Å². The second-order valence-electron chi connectivity index (χ2n) is 4.54. The van der Waals surface area contributed by atoms with Gasteiger partial charge in [0.2, 0.25) is 0 Å². The van der Waals surface area contributed by atoms with Gasteiger partial charge in [-0.2, -0.15) is 0 Å². The quantitative estimate of drug-likeness (QED) is 0.511. The molecule has 0 aromatic heterocycles. The van der Waals surface area contributed by atoms with Crippen molar-refractivity contribution >= 4 is 23.4 Å². The van der Waals surface area contributed by atoms with Gasteiger partial charge in [0.05, 0.1) is 0 Å². The first-order valence-corrected chi connectivity index (χ1v) is 7.61. The Morgan fingerprint density at radius 2 is 1.95 bits per heavy atom. The molecule has 0 unspecified atom stereocenters. The van der Waals surface area contributed by atoms with Crippen LogP contribution in [-0.4, -0.2) is 24.0 Å². The van der Waals surface area contributed by atoms with Crippen LogP contribution >= 0.6 is 11.8 Å². The molecule has 0 spiro atoms. The number of amides is 1. The number of rotatable bonds is 5. The average molecular weight is 278 g/mol. The van der Waals surface area contributed by atoms with Crippen LogP contribution in [-0.2, 0) is 9.63 Å². The Labute approximate surface area is 117 Å². The zero-order valence-electron chi connectivity index (χ0n) is 11.0. The lowest BCUT2D eigenvalue weighted by molar-refractivity contribution is -0.112. The number of thioether (sulfide) groups is 1. The third-order valence-corrected chi connectivity index (χ3v) is 3.94. The molecule has 0 atom stereocenters. The second kappa shape index (κ2) is 6.61. The fourth-order valence-electron chi connectivity index (χ4n) is 2.11. The van der Waals surface area contributed by atoms with E-state index in [0.29, 0.717) is 5.56 Å². The zero-order chi connectivity index (χ0) is 13.7. The Morgan fingerprint density at radius 1 is 1.32 bits per heavy atom. The van der Waals surface area contributed by atoms with Crippen molar-refractivity contribution in [2.24, 2.45) is 10.9 Å². The summed E-state index contributed by atoms with van der Waals surface area (Å²) in [6.45, 7) is 0. The number of primary amides is 1. The maximum absolute atomic E-state index is 11.5. The Kier molecular flexibility index (Phi) is 4.85. The van der Waals surface area contributed by atoms with Crippen molar-refractivity contribution < 1.29 is 9.63 Å². The van der Waals surface area contributed by atoms with Crippen molar-refractivity contribution in [1.82, 2.24) is 0 Å². The SMILES string of the molecule is CSc1ccc(/C(=N\OC2CCCC2)C(N)=O)cc1. The first-order valence-electron chi connectivity index (χ1n) is 6.38. The van der Waals surface area contributed by atoms with Gasteiger partial charge in [0.1, 0.15) is 6.10 Å². The highest BCUT2D eigenvalue weighted by atomic mass is 32.2. The van der Waals surface area contributed by atoms with Crippen LogP contribution in [0.3, 0.4) is 0 Å². The number of nitrogens with zero attached hydrogens (tertiary/aromatic N) is 1. The van der Waals surface area contributed by atoms with E-state index in [0.717, 1.165) is 30.6 Å². The highest BCUT2D eigenvalue weighted by molar-refractivity contribution is 7.98. The van der Waals surface area contributed by atoms with E-state index >= 15 is 0 Å². The lowest BCUT2D eigenvalue weighted by Gasteiger charge is -2.08. The minimum atomic E-state index is -0.560. The van der Waals surface area contributed by atoms with E-state index in [1.165, 1.54) is 0 Å². The Balaban J connectivity index is 2.13. The van der Waals surface area contributed by atoms with E-state index in [1.807, 2.05) is 30.5 Å². The summed E-state index contributed by atoms with van der Waals surface area (Å²) in [4.78, 5) is 18.0. The number of hydrogen-bond acceptors (Lipinski definition) is 4. The summed E-state index contributed by atoms with van der Waals surface area (Å²) in [6, 6.07) is 7.56. The molecule has 1 saturated carbocycles. The first-order chi connectivity index (χ1) is 9.20. The molecule has 19 heavy (non-hydrogen) atoms. The fourth-order valence-corrected chi connectivity index (χ4v) is 2.52. The molecule has 0 bridgehead atoms. The number of oxime groups is 1. The van der Waals surface area contributed by atoms with Gasteiger partial charge in [0, 0.05) is 10.5 Å². The molecule has 0 radical (unpaired) electrons. The molecule has 1 aliphatic carbocycles. The van der Waals surface area contributed by atoms with Crippen molar-refractivity contribution in [2.75, 3.05) is 6.26 Å². The van der Waals surface area contributed by atoms with Gasteiger partial charge >= 0.3 is 0 Å². The van der Waals surface area contributed by atoms with Gasteiger partial charge in [-0.05, 0) is 44.1 Å². The van der Waals surface area contributed by atoms with Gasteiger partial charge in [-0.25, -0.2) is 0 Å². The van der Waals surface area contributed by atoms with Crippen LogP contribution in [0.4, 0.5) is 0 Å². The minimum Gasteiger partial charge on any atom is -0.392 e. The number of benzene rings is 1. The van der Waals surface area contributed by atoms with Crippen molar-refractivity contribution in [3.8, 4) is 0 Å². The molecule has 1 amide bonds. The van der Waals surface area contributed by atoms with Crippen molar-refractivity contribution in [1.29, 1.82) is 0 Å². The van der Waals surface area contributed by atoms with E-state index in [1.54, 1.807) is 11.8 Å². The molecule has 1 fully saturated rings. The molecule has 1 aromatic rings. The summed E-state index contributed by atoms with van der Waals surface area (Å²) < 4.78 is 0. The molecule has 1 aromatic carbocycles. The highest BCUT2D eigenvalue weighted by Crippen LogP contribution is 2.21. The Morgan fingerprint density at radius 3 is 2.47 bits per heavy atom. The molecule has 5 heteroatoms. The number of carbonyl (C=O) groups is 1. The molecular formula is C14H18N2O2S. The van der Waals surface area contributed by atoms with Gasteiger partial charge in [-0.3, -0.25) is 4.79 Å². The topological polar surface area (TPSA) is 64.7 Å².